The van der Waals surface area contributed by atoms with E-state index in [1.165, 1.54) is 0 Å². The molecule has 0 radical (unpaired) electrons. The molecule has 4 N–H and O–H groups in total. The number of benzene rings is 1. The molecule has 11 heteroatoms. The minimum Gasteiger partial charge on any atom is -0.455 e. The van der Waals surface area contributed by atoms with Gasteiger partial charge in [0.15, 0.2) is 11.3 Å². The number of halogens is 1. The predicted octanol–water partition coefficient (Wildman–Crippen LogP) is 4.84. The largest absolute Gasteiger partial charge is 0.455 e. The Bertz CT molecular complexity index is 1610. The molecule has 10 nitrogen and oxygen atoms in total. The second-order valence-corrected chi connectivity index (χ2v) is 10.6. The molecule has 1 fully saturated rings. The van der Waals surface area contributed by atoms with Crippen molar-refractivity contribution in [3.05, 3.63) is 74.4 Å². The molecular formula is C27H29ClN6O4. The van der Waals surface area contributed by atoms with E-state index in [4.69, 9.17) is 26.2 Å². The van der Waals surface area contributed by atoms with Gasteiger partial charge in [-0.05, 0) is 44.5 Å². The van der Waals surface area contributed by atoms with E-state index in [-0.39, 0.29) is 33.6 Å². The summed E-state index contributed by atoms with van der Waals surface area (Å²) in [4.78, 5) is 17.7. The van der Waals surface area contributed by atoms with Crippen LogP contribution in [-0.4, -0.2) is 39.0 Å². The Hall–Kier alpha value is -3.73. The van der Waals surface area contributed by atoms with Gasteiger partial charge in [0.2, 0.25) is 0 Å². The lowest BCUT2D eigenvalue weighted by atomic mass is 9.89. The third-order valence-electron chi connectivity index (χ3n) is 6.78. The van der Waals surface area contributed by atoms with Gasteiger partial charge >= 0.3 is 0 Å². The van der Waals surface area contributed by atoms with Crippen molar-refractivity contribution < 1.29 is 14.4 Å². The van der Waals surface area contributed by atoms with Crippen molar-refractivity contribution in [3.63, 3.8) is 0 Å². The lowest BCUT2D eigenvalue weighted by Crippen LogP contribution is -2.43. The number of anilines is 1. The zero-order valence-electron chi connectivity index (χ0n) is 21.6. The van der Waals surface area contributed by atoms with E-state index in [2.05, 4.69) is 22.3 Å². The van der Waals surface area contributed by atoms with Crippen LogP contribution in [0.5, 0.6) is 0 Å². The zero-order chi connectivity index (χ0) is 27.2. The number of ether oxygens (including phenoxy) is 1. The summed E-state index contributed by atoms with van der Waals surface area (Å²) in [6.07, 6.45) is 3.62. The number of nitrogens with zero attached hydrogens (tertiary/aromatic N) is 3. The highest BCUT2D eigenvalue weighted by Crippen LogP contribution is 2.33. The van der Waals surface area contributed by atoms with Gasteiger partial charge in [0, 0.05) is 22.7 Å². The molecular weight excluding hydrogens is 508 g/mol. The maximum absolute atomic E-state index is 13.5. The highest BCUT2D eigenvalue weighted by atomic mass is 35.5. The number of hydrogen-bond acceptors (Lipinski definition) is 8. The summed E-state index contributed by atoms with van der Waals surface area (Å²) in [7, 11) is 0. The monoisotopic (exact) mass is 536 g/mol. The fourth-order valence-corrected chi connectivity index (χ4v) is 4.92. The number of rotatable bonds is 7. The van der Waals surface area contributed by atoms with Gasteiger partial charge in [0.05, 0.1) is 48.6 Å². The molecule has 1 aromatic carbocycles. The Balaban J connectivity index is 1.57. The Kier molecular flexibility index (Phi) is 6.72. The SMILES string of the molecule is Cc1cc([C@@H](C)Nc2ccc(Cl)nc2C(=N)NO)c2oc(-c3cnn(CC4(C)COC4)c3)c(C)c(=O)c2c1. The summed E-state index contributed by atoms with van der Waals surface area (Å²) in [5.74, 6) is 0.168. The number of aromatic nitrogens is 3. The maximum Gasteiger partial charge on any atom is 0.196 e. The van der Waals surface area contributed by atoms with Crippen LogP contribution in [-0.2, 0) is 11.3 Å². The molecule has 198 valence electrons. The summed E-state index contributed by atoms with van der Waals surface area (Å²) in [6, 6.07) is 6.70. The van der Waals surface area contributed by atoms with Gasteiger partial charge < -0.3 is 14.5 Å². The Morgan fingerprint density at radius 1 is 1.32 bits per heavy atom. The molecule has 1 atom stereocenters. The molecule has 3 aromatic heterocycles. The van der Waals surface area contributed by atoms with E-state index in [1.54, 1.807) is 25.3 Å². The van der Waals surface area contributed by atoms with Crippen molar-refractivity contribution in [1.82, 2.24) is 20.2 Å². The summed E-state index contributed by atoms with van der Waals surface area (Å²) in [5.41, 5.74) is 5.75. The fourth-order valence-electron chi connectivity index (χ4n) is 4.77. The van der Waals surface area contributed by atoms with E-state index >= 15 is 0 Å². The molecule has 0 amide bonds. The topological polar surface area (TPSA) is 138 Å². The van der Waals surface area contributed by atoms with Crippen LogP contribution >= 0.6 is 11.6 Å². The van der Waals surface area contributed by atoms with E-state index in [0.717, 1.165) is 16.7 Å². The third-order valence-corrected chi connectivity index (χ3v) is 6.99. The van der Waals surface area contributed by atoms with Crippen molar-refractivity contribution in [2.75, 3.05) is 18.5 Å². The number of hydrogen-bond donors (Lipinski definition) is 4. The van der Waals surface area contributed by atoms with E-state index < -0.39 is 0 Å². The molecule has 0 saturated carbocycles. The standard InChI is InChI=1S/C27H29ClN6O4/c1-14-7-18(16(3)31-20-5-6-21(28)32-22(20)26(29)33-36)25-19(8-14)23(35)15(2)24(38-25)17-9-30-34(10-17)11-27(4)12-37-13-27/h5-10,16,31,36H,11-13H2,1-4H3,(H2,29,33)/t16-/m1/s1. The molecule has 1 aliphatic heterocycles. The molecule has 0 spiro atoms. The van der Waals surface area contributed by atoms with Crippen LogP contribution in [0.4, 0.5) is 5.69 Å². The van der Waals surface area contributed by atoms with Gasteiger partial charge in [0.1, 0.15) is 22.2 Å². The first-order valence-electron chi connectivity index (χ1n) is 12.2. The number of fused-ring (bicyclic) bond motifs is 1. The van der Waals surface area contributed by atoms with Crippen LogP contribution in [0.1, 0.15) is 42.3 Å². The highest BCUT2D eigenvalue weighted by molar-refractivity contribution is 6.29. The first-order chi connectivity index (χ1) is 18.1. The average molecular weight is 537 g/mol. The van der Waals surface area contributed by atoms with E-state index in [9.17, 15) is 10.0 Å². The number of hydroxylamine groups is 1. The first kappa shape index (κ1) is 25.9. The second kappa shape index (κ2) is 9.86. The number of amidine groups is 1. The highest BCUT2D eigenvalue weighted by Gasteiger charge is 2.34. The Morgan fingerprint density at radius 2 is 2.08 bits per heavy atom. The molecule has 38 heavy (non-hydrogen) atoms. The van der Waals surface area contributed by atoms with Gasteiger partial charge in [-0.25, -0.2) is 4.98 Å². The smallest absolute Gasteiger partial charge is 0.196 e. The van der Waals surface area contributed by atoms with Crippen LogP contribution in [0.25, 0.3) is 22.3 Å². The second-order valence-electron chi connectivity index (χ2n) is 10.2. The van der Waals surface area contributed by atoms with Crippen LogP contribution in [0, 0.1) is 24.7 Å². The number of pyridine rings is 1. The predicted molar refractivity (Wildman–Crippen MR) is 145 cm³/mol. The van der Waals surface area contributed by atoms with Crippen molar-refractivity contribution in [3.8, 4) is 11.3 Å². The van der Waals surface area contributed by atoms with Gasteiger partial charge in [-0.15, -0.1) is 0 Å². The Labute approximate surface area is 224 Å². The van der Waals surface area contributed by atoms with Crippen LogP contribution in [0.3, 0.4) is 0 Å². The third kappa shape index (κ3) is 4.78. The van der Waals surface area contributed by atoms with E-state index in [0.29, 0.717) is 47.7 Å². The van der Waals surface area contributed by atoms with Crippen molar-refractivity contribution in [2.24, 2.45) is 5.41 Å². The maximum atomic E-state index is 13.5. The summed E-state index contributed by atoms with van der Waals surface area (Å²) >= 11 is 6.02. The molecule has 4 heterocycles. The number of nitrogens with one attached hydrogen (secondary N) is 3. The van der Waals surface area contributed by atoms with Crippen LogP contribution in [0.15, 0.2) is 45.9 Å². The molecule has 0 unspecified atom stereocenters. The lowest BCUT2D eigenvalue weighted by molar-refractivity contribution is -0.111. The molecule has 1 aliphatic rings. The van der Waals surface area contributed by atoms with Gasteiger partial charge in [0.25, 0.3) is 0 Å². The summed E-state index contributed by atoms with van der Waals surface area (Å²) < 4.78 is 13.7. The van der Waals surface area contributed by atoms with Crippen LogP contribution < -0.4 is 16.2 Å². The van der Waals surface area contributed by atoms with Crippen molar-refractivity contribution in [2.45, 2.75) is 40.3 Å². The van der Waals surface area contributed by atoms with Crippen molar-refractivity contribution >= 4 is 34.1 Å². The van der Waals surface area contributed by atoms with Gasteiger partial charge in [-0.2, -0.15) is 5.10 Å². The van der Waals surface area contributed by atoms with E-state index in [1.807, 2.05) is 42.3 Å². The van der Waals surface area contributed by atoms with Crippen LogP contribution in [0.2, 0.25) is 5.15 Å². The Morgan fingerprint density at radius 3 is 2.76 bits per heavy atom. The lowest BCUT2D eigenvalue weighted by Gasteiger charge is -2.37. The minimum absolute atomic E-state index is 0.0472. The summed E-state index contributed by atoms with van der Waals surface area (Å²) in [5, 5.41) is 25.7. The number of aryl methyl sites for hydroxylation is 1. The molecule has 0 aliphatic carbocycles. The van der Waals surface area contributed by atoms with Gasteiger partial charge in [-0.3, -0.25) is 25.6 Å². The quantitative estimate of drug-likeness (QED) is 0.114. The average Bonchev–Trinajstić information content (AvgIpc) is 3.33. The normalized spacial score (nSPS) is 15.2. The molecule has 0 bridgehead atoms. The minimum atomic E-state index is -0.356. The fraction of sp³-hybridized carbons (Fsp3) is 0.333. The first-order valence-corrected chi connectivity index (χ1v) is 12.6. The van der Waals surface area contributed by atoms with Gasteiger partial charge in [-0.1, -0.05) is 24.6 Å². The summed E-state index contributed by atoms with van der Waals surface area (Å²) in [6.45, 7) is 9.86. The molecule has 4 aromatic rings. The van der Waals surface area contributed by atoms with Crippen molar-refractivity contribution in [1.29, 1.82) is 5.41 Å². The molecule has 1 saturated heterocycles. The zero-order valence-corrected chi connectivity index (χ0v) is 22.3. The molecule has 5 rings (SSSR count).